The number of carbonyl (C=O) groups excluding carboxylic acids is 1. The van der Waals surface area contributed by atoms with Gasteiger partial charge < -0.3 is 10.2 Å². The van der Waals surface area contributed by atoms with Crippen LogP contribution in [-0.2, 0) is 6.54 Å². The summed E-state index contributed by atoms with van der Waals surface area (Å²) >= 11 is 0. The van der Waals surface area contributed by atoms with Crippen LogP contribution in [0.2, 0.25) is 0 Å². The summed E-state index contributed by atoms with van der Waals surface area (Å²) in [6, 6.07) is 2.11. The maximum absolute atomic E-state index is 12.7. The Hall–Kier alpha value is -1.37. The first kappa shape index (κ1) is 20.7. The molecule has 0 spiro atoms. The standard InChI is InChI=1S/C16H23N5O.2ClH/c1-11(2)10-21-15-13(9-19-21)6-14(8-18-15)16(22)20-5-4-17-7-12(20)3;;/h6,8-9,11-12,17H,4-5,7,10H2,1-3H3;2*1H/t12-;;/m1../s1. The van der Waals surface area contributed by atoms with Gasteiger partial charge in [0.1, 0.15) is 0 Å². The molecule has 6 nitrogen and oxygen atoms in total. The van der Waals surface area contributed by atoms with Crippen molar-refractivity contribution in [1.29, 1.82) is 0 Å². The average Bonchev–Trinajstić information content (AvgIpc) is 2.89. The van der Waals surface area contributed by atoms with Gasteiger partial charge in [-0.25, -0.2) is 9.67 Å². The van der Waals surface area contributed by atoms with Crippen LogP contribution in [0.4, 0.5) is 0 Å². The summed E-state index contributed by atoms with van der Waals surface area (Å²) in [4.78, 5) is 19.1. The van der Waals surface area contributed by atoms with E-state index >= 15 is 0 Å². The highest BCUT2D eigenvalue weighted by molar-refractivity contribution is 5.97. The summed E-state index contributed by atoms with van der Waals surface area (Å²) < 4.78 is 1.90. The number of hydrogen-bond acceptors (Lipinski definition) is 4. The molecule has 2 aromatic rings. The summed E-state index contributed by atoms with van der Waals surface area (Å²) in [7, 11) is 0. The minimum Gasteiger partial charge on any atom is -0.333 e. The highest BCUT2D eigenvalue weighted by Crippen LogP contribution is 2.17. The second-order valence-electron chi connectivity index (χ2n) is 6.41. The van der Waals surface area contributed by atoms with E-state index in [1.54, 1.807) is 12.4 Å². The minimum atomic E-state index is 0. The predicted molar refractivity (Wildman–Crippen MR) is 100 cm³/mol. The molecule has 3 heterocycles. The molecule has 0 saturated carbocycles. The SMILES string of the molecule is CC(C)Cn1ncc2cc(C(=O)N3CCNC[C@H]3C)cnc21.Cl.Cl. The Morgan fingerprint density at radius 1 is 1.38 bits per heavy atom. The zero-order chi connectivity index (χ0) is 15.7. The molecule has 0 radical (unpaired) electrons. The number of rotatable bonds is 3. The van der Waals surface area contributed by atoms with Gasteiger partial charge in [0.2, 0.25) is 0 Å². The van der Waals surface area contributed by atoms with Crippen LogP contribution in [0.15, 0.2) is 18.5 Å². The van der Waals surface area contributed by atoms with Crippen LogP contribution in [0, 0.1) is 5.92 Å². The van der Waals surface area contributed by atoms with E-state index in [1.165, 1.54) is 0 Å². The third-order valence-electron chi connectivity index (χ3n) is 4.02. The number of nitrogens with zero attached hydrogens (tertiary/aromatic N) is 4. The van der Waals surface area contributed by atoms with Crippen molar-refractivity contribution < 1.29 is 4.79 Å². The van der Waals surface area contributed by atoms with Crippen molar-refractivity contribution in [2.45, 2.75) is 33.4 Å². The van der Waals surface area contributed by atoms with Gasteiger partial charge in [-0.2, -0.15) is 5.10 Å². The molecule has 1 saturated heterocycles. The maximum Gasteiger partial charge on any atom is 0.255 e. The molecule has 0 aromatic carbocycles. The number of halogens is 2. The molecule has 3 rings (SSSR count). The van der Waals surface area contributed by atoms with Crippen molar-refractivity contribution in [3.63, 3.8) is 0 Å². The lowest BCUT2D eigenvalue weighted by molar-refractivity contribution is 0.0655. The monoisotopic (exact) mass is 373 g/mol. The fourth-order valence-electron chi connectivity index (χ4n) is 2.88. The number of pyridine rings is 1. The third kappa shape index (κ3) is 4.18. The number of hydrogen-bond donors (Lipinski definition) is 1. The second-order valence-corrected chi connectivity index (χ2v) is 6.41. The van der Waals surface area contributed by atoms with Gasteiger partial charge in [-0.3, -0.25) is 4.79 Å². The number of amides is 1. The molecule has 134 valence electrons. The van der Waals surface area contributed by atoms with Crippen molar-refractivity contribution in [3.8, 4) is 0 Å². The van der Waals surface area contributed by atoms with Gasteiger partial charge in [0, 0.05) is 43.8 Å². The summed E-state index contributed by atoms with van der Waals surface area (Å²) in [5.74, 6) is 0.563. The van der Waals surface area contributed by atoms with Gasteiger partial charge in [-0.15, -0.1) is 24.8 Å². The number of aromatic nitrogens is 3. The number of nitrogens with one attached hydrogen (secondary N) is 1. The van der Waals surface area contributed by atoms with Crippen molar-refractivity contribution >= 4 is 41.8 Å². The topological polar surface area (TPSA) is 63.1 Å². The van der Waals surface area contributed by atoms with Crippen molar-refractivity contribution in [1.82, 2.24) is 25.0 Å². The Labute approximate surface area is 154 Å². The van der Waals surface area contributed by atoms with Gasteiger partial charge >= 0.3 is 0 Å². The second kappa shape index (κ2) is 8.65. The van der Waals surface area contributed by atoms with Gasteiger partial charge in [-0.05, 0) is 18.9 Å². The average molecular weight is 374 g/mol. The summed E-state index contributed by atoms with van der Waals surface area (Å²) in [6.07, 6.45) is 3.47. The minimum absolute atomic E-state index is 0. The van der Waals surface area contributed by atoms with Crippen LogP contribution in [0.5, 0.6) is 0 Å². The van der Waals surface area contributed by atoms with E-state index in [1.807, 2.05) is 15.6 Å². The molecule has 1 aliphatic heterocycles. The third-order valence-corrected chi connectivity index (χ3v) is 4.02. The van der Waals surface area contributed by atoms with Crippen molar-refractivity contribution in [2.24, 2.45) is 5.92 Å². The largest absolute Gasteiger partial charge is 0.333 e. The zero-order valence-corrected chi connectivity index (χ0v) is 15.9. The highest BCUT2D eigenvalue weighted by atomic mass is 35.5. The van der Waals surface area contributed by atoms with E-state index in [9.17, 15) is 4.79 Å². The molecule has 2 aromatic heterocycles. The highest BCUT2D eigenvalue weighted by Gasteiger charge is 2.24. The molecular weight excluding hydrogens is 349 g/mol. The van der Waals surface area contributed by atoms with Crippen LogP contribution >= 0.6 is 24.8 Å². The first-order chi connectivity index (χ1) is 10.6. The predicted octanol–water partition coefficient (Wildman–Crippen LogP) is 2.36. The van der Waals surface area contributed by atoms with Crippen LogP contribution in [0.1, 0.15) is 31.1 Å². The number of piperazine rings is 1. The van der Waals surface area contributed by atoms with Crippen LogP contribution in [-0.4, -0.2) is 51.2 Å². The Kier molecular flexibility index (Phi) is 7.45. The Morgan fingerprint density at radius 3 is 2.79 bits per heavy atom. The van der Waals surface area contributed by atoms with E-state index in [0.29, 0.717) is 11.5 Å². The molecule has 24 heavy (non-hydrogen) atoms. The zero-order valence-electron chi connectivity index (χ0n) is 14.2. The molecule has 8 heteroatoms. The number of fused-ring (bicyclic) bond motifs is 1. The van der Waals surface area contributed by atoms with E-state index < -0.39 is 0 Å². The number of carbonyl (C=O) groups is 1. The fraction of sp³-hybridized carbons (Fsp3) is 0.562. The Bertz CT molecular complexity index is 688. The van der Waals surface area contributed by atoms with Crippen LogP contribution in [0.25, 0.3) is 11.0 Å². The van der Waals surface area contributed by atoms with Crippen molar-refractivity contribution in [2.75, 3.05) is 19.6 Å². The van der Waals surface area contributed by atoms with E-state index in [2.05, 4.69) is 36.2 Å². The lowest BCUT2D eigenvalue weighted by atomic mass is 10.1. The maximum atomic E-state index is 12.7. The summed E-state index contributed by atoms with van der Waals surface area (Å²) in [6.45, 7) is 9.63. The quantitative estimate of drug-likeness (QED) is 0.896. The van der Waals surface area contributed by atoms with E-state index in [-0.39, 0.29) is 36.8 Å². The molecule has 1 fully saturated rings. The lowest BCUT2D eigenvalue weighted by Crippen LogP contribution is -2.52. The molecule has 0 unspecified atom stereocenters. The van der Waals surface area contributed by atoms with Crippen LogP contribution in [0.3, 0.4) is 0 Å². The van der Waals surface area contributed by atoms with E-state index in [0.717, 1.165) is 37.2 Å². The first-order valence-corrected chi connectivity index (χ1v) is 7.89. The smallest absolute Gasteiger partial charge is 0.255 e. The Balaban J connectivity index is 0.00000144. The molecular formula is C16H25Cl2N5O. The molecule has 0 aliphatic carbocycles. The van der Waals surface area contributed by atoms with Gasteiger partial charge in [-0.1, -0.05) is 13.8 Å². The van der Waals surface area contributed by atoms with Gasteiger partial charge in [0.25, 0.3) is 5.91 Å². The summed E-state index contributed by atoms with van der Waals surface area (Å²) in [5.41, 5.74) is 1.49. The van der Waals surface area contributed by atoms with Crippen molar-refractivity contribution in [3.05, 3.63) is 24.0 Å². The van der Waals surface area contributed by atoms with Crippen LogP contribution < -0.4 is 5.32 Å². The van der Waals surface area contributed by atoms with Gasteiger partial charge in [0.15, 0.2) is 5.65 Å². The molecule has 1 N–H and O–H groups in total. The lowest BCUT2D eigenvalue weighted by Gasteiger charge is -2.33. The van der Waals surface area contributed by atoms with Gasteiger partial charge in [0.05, 0.1) is 11.8 Å². The fourth-order valence-corrected chi connectivity index (χ4v) is 2.88. The normalized spacial score (nSPS) is 17.5. The van der Waals surface area contributed by atoms with E-state index in [4.69, 9.17) is 0 Å². The Morgan fingerprint density at radius 2 is 2.12 bits per heavy atom. The molecule has 1 amide bonds. The molecule has 1 aliphatic rings. The first-order valence-electron chi connectivity index (χ1n) is 7.89. The molecule has 0 bridgehead atoms. The summed E-state index contributed by atoms with van der Waals surface area (Å²) in [5, 5.41) is 8.61. The molecule has 1 atom stereocenters.